The third kappa shape index (κ3) is 4.49. The number of hydrogen-bond donors (Lipinski definition) is 1. The highest BCUT2D eigenvalue weighted by Gasteiger charge is 2.39. The molecule has 1 saturated heterocycles. The van der Waals surface area contributed by atoms with Crippen LogP contribution in [0.4, 0.5) is 0 Å². The number of rotatable bonds is 6. The number of morpholine rings is 1. The Morgan fingerprint density at radius 1 is 1.12 bits per heavy atom. The number of aliphatic hydroxyl groups is 1. The van der Waals surface area contributed by atoms with Crippen LogP contribution >= 0.6 is 27.5 Å². The fourth-order valence-electron chi connectivity index (χ4n) is 3.66. The van der Waals surface area contributed by atoms with Crippen molar-refractivity contribution in [2.45, 2.75) is 24.9 Å². The van der Waals surface area contributed by atoms with Crippen molar-refractivity contribution in [3.8, 4) is 0 Å². The van der Waals surface area contributed by atoms with E-state index in [1.54, 1.807) is 0 Å². The van der Waals surface area contributed by atoms with Gasteiger partial charge in [0.2, 0.25) is 0 Å². The van der Waals surface area contributed by atoms with Crippen LogP contribution in [-0.2, 0) is 10.3 Å². The highest BCUT2D eigenvalue weighted by atomic mass is 79.9. The number of nitrogens with zero attached hydrogens (tertiary/aromatic N) is 1. The lowest BCUT2D eigenvalue weighted by molar-refractivity contribution is -0.0250. The maximum atomic E-state index is 11.8. The fraction of sp³-hybridized carbons (Fsp3) is 0.429. The molecule has 140 valence electrons. The molecule has 1 heterocycles. The smallest absolute Gasteiger partial charge is 0.0974 e. The van der Waals surface area contributed by atoms with Gasteiger partial charge in [0.05, 0.1) is 18.8 Å². The zero-order valence-electron chi connectivity index (χ0n) is 15.0. The normalized spacial score (nSPS) is 19.1. The van der Waals surface area contributed by atoms with Crippen LogP contribution in [0, 0.1) is 0 Å². The standard InChI is InChI=1S/C21H25BrClNO2/c1-2-21(25,17-5-7-18(22)8-6-17)20(15-24-11-13-26-14-12-24)16-3-9-19(23)10-4-16/h3-10,20,25H,2,11-15H2,1H3/t20-,21+/m0/s1. The Hall–Kier alpha value is -0.910. The molecule has 1 aliphatic rings. The van der Waals surface area contributed by atoms with Gasteiger partial charge in [-0.2, -0.15) is 0 Å². The van der Waals surface area contributed by atoms with E-state index in [9.17, 15) is 5.11 Å². The van der Waals surface area contributed by atoms with E-state index in [1.165, 1.54) is 0 Å². The van der Waals surface area contributed by atoms with Crippen LogP contribution in [0.25, 0.3) is 0 Å². The topological polar surface area (TPSA) is 32.7 Å². The van der Waals surface area contributed by atoms with Crippen molar-refractivity contribution >= 4 is 27.5 Å². The molecule has 0 aromatic heterocycles. The maximum absolute atomic E-state index is 11.8. The van der Waals surface area contributed by atoms with Crippen LogP contribution < -0.4 is 0 Å². The van der Waals surface area contributed by atoms with Gasteiger partial charge in [-0.25, -0.2) is 0 Å². The minimum absolute atomic E-state index is 0.0518. The van der Waals surface area contributed by atoms with E-state index in [1.807, 2.05) is 55.5 Å². The van der Waals surface area contributed by atoms with E-state index in [-0.39, 0.29) is 5.92 Å². The molecule has 5 heteroatoms. The summed E-state index contributed by atoms with van der Waals surface area (Å²) < 4.78 is 6.50. The van der Waals surface area contributed by atoms with Gasteiger partial charge in [0.25, 0.3) is 0 Å². The number of benzene rings is 2. The molecule has 26 heavy (non-hydrogen) atoms. The average Bonchev–Trinajstić information content (AvgIpc) is 2.68. The van der Waals surface area contributed by atoms with Crippen molar-refractivity contribution in [1.82, 2.24) is 4.90 Å². The molecule has 0 radical (unpaired) electrons. The summed E-state index contributed by atoms with van der Waals surface area (Å²) in [6.07, 6.45) is 0.631. The summed E-state index contributed by atoms with van der Waals surface area (Å²) in [5.74, 6) is -0.0518. The summed E-state index contributed by atoms with van der Waals surface area (Å²) in [5, 5.41) is 12.5. The molecule has 1 fully saturated rings. The summed E-state index contributed by atoms with van der Waals surface area (Å²) in [7, 11) is 0. The Balaban J connectivity index is 1.98. The van der Waals surface area contributed by atoms with Gasteiger partial charge in [0, 0.05) is 35.0 Å². The van der Waals surface area contributed by atoms with Crippen molar-refractivity contribution in [3.63, 3.8) is 0 Å². The largest absolute Gasteiger partial charge is 0.384 e. The Bertz CT molecular complexity index is 701. The quantitative estimate of drug-likeness (QED) is 0.702. The molecule has 0 spiro atoms. The Morgan fingerprint density at radius 3 is 2.31 bits per heavy atom. The molecule has 0 bridgehead atoms. The first kappa shape index (κ1) is 19.8. The molecule has 2 aromatic carbocycles. The summed E-state index contributed by atoms with van der Waals surface area (Å²) in [4.78, 5) is 2.38. The van der Waals surface area contributed by atoms with Crippen molar-refractivity contribution < 1.29 is 9.84 Å². The fourth-order valence-corrected chi connectivity index (χ4v) is 4.05. The second-order valence-electron chi connectivity index (χ2n) is 6.80. The molecule has 0 amide bonds. The van der Waals surface area contributed by atoms with Crippen LogP contribution in [0.15, 0.2) is 53.0 Å². The average molecular weight is 439 g/mol. The number of hydrogen-bond acceptors (Lipinski definition) is 3. The van der Waals surface area contributed by atoms with Gasteiger partial charge in [-0.05, 0) is 41.8 Å². The van der Waals surface area contributed by atoms with E-state index in [0.717, 1.165) is 48.4 Å². The molecule has 1 N–H and O–H groups in total. The molecular weight excluding hydrogens is 414 g/mol. The minimum atomic E-state index is -0.952. The predicted octanol–water partition coefficient (Wildman–Crippen LogP) is 4.82. The van der Waals surface area contributed by atoms with E-state index >= 15 is 0 Å². The molecule has 0 saturated carbocycles. The summed E-state index contributed by atoms with van der Waals surface area (Å²) >= 11 is 9.58. The molecule has 1 aliphatic heterocycles. The zero-order valence-corrected chi connectivity index (χ0v) is 17.3. The lowest BCUT2D eigenvalue weighted by atomic mass is 9.75. The van der Waals surface area contributed by atoms with Gasteiger partial charge >= 0.3 is 0 Å². The molecular formula is C21H25BrClNO2. The molecule has 3 rings (SSSR count). The van der Waals surface area contributed by atoms with E-state index < -0.39 is 5.60 Å². The highest BCUT2D eigenvalue weighted by Crippen LogP contribution is 2.41. The molecule has 0 unspecified atom stereocenters. The van der Waals surface area contributed by atoms with Crippen LogP contribution in [0.5, 0.6) is 0 Å². The van der Waals surface area contributed by atoms with Gasteiger partial charge < -0.3 is 9.84 Å². The third-order valence-corrected chi connectivity index (χ3v) is 6.06. The first-order chi connectivity index (χ1) is 12.5. The van der Waals surface area contributed by atoms with Crippen molar-refractivity contribution in [1.29, 1.82) is 0 Å². The van der Waals surface area contributed by atoms with Crippen molar-refractivity contribution in [2.75, 3.05) is 32.8 Å². The lowest BCUT2D eigenvalue weighted by Crippen LogP contribution is -2.44. The Labute approximate surface area is 169 Å². The van der Waals surface area contributed by atoms with Crippen LogP contribution in [0.1, 0.15) is 30.4 Å². The molecule has 2 aromatic rings. The first-order valence-corrected chi connectivity index (χ1v) is 10.2. The highest BCUT2D eigenvalue weighted by molar-refractivity contribution is 9.10. The molecule has 2 atom stereocenters. The van der Waals surface area contributed by atoms with Crippen molar-refractivity contribution in [2.24, 2.45) is 0 Å². The Kier molecular flexibility index (Phi) is 6.76. The number of ether oxygens (including phenoxy) is 1. The Morgan fingerprint density at radius 2 is 1.73 bits per heavy atom. The van der Waals surface area contributed by atoms with Gasteiger partial charge in [0.1, 0.15) is 0 Å². The van der Waals surface area contributed by atoms with Crippen molar-refractivity contribution in [3.05, 3.63) is 69.2 Å². The molecule has 3 nitrogen and oxygen atoms in total. The SMILES string of the molecule is CC[C@@](O)(c1ccc(Br)cc1)[C@@H](CN1CCOCC1)c1ccc(Cl)cc1. The number of halogens is 2. The van der Waals surface area contributed by atoms with E-state index in [4.69, 9.17) is 16.3 Å². The maximum Gasteiger partial charge on any atom is 0.0974 e. The van der Waals surface area contributed by atoms with Crippen LogP contribution in [0.3, 0.4) is 0 Å². The third-order valence-electron chi connectivity index (χ3n) is 5.28. The van der Waals surface area contributed by atoms with E-state index in [0.29, 0.717) is 11.4 Å². The monoisotopic (exact) mass is 437 g/mol. The lowest BCUT2D eigenvalue weighted by Gasteiger charge is -2.40. The van der Waals surface area contributed by atoms with Crippen LogP contribution in [0.2, 0.25) is 5.02 Å². The minimum Gasteiger partial charge on any atom is -0.384 e. The zero-order chi connectivity index (χ0) is 18.6. The van der Waals surface area contributed by atoms with Gasteiger partial charge in [-0.3, -0.25) is 4.90 Å². The van der Waals surface area contributed by atoms with Gasteiger partial charge in [0.15, 0.2) is 0 Å². The second-order valence-corrected chi connectivity index (χ2v) is 8.15. The second kappa shape index (κ2) is 8.85. The summed E-state index contributed by atoms with van der Waals surface area (Å²) in [5.41, 5.74) is 1.09. The van der Waals surface area contributed by atoms with Gasteiger partial charge in [-0.1, -0.05) is 58.7 Å². The predicted molar refractivity (Wildman–Crippen MR) is 110 cm³/mol. The first-order valence-electron chi connectivity index (χ1n) is 9.07. The van der Waals surface area contributed by atoms with E-state index in [2.05, 4.69) is 20.8 Å². The van der Waals surface area contributed by atoms with Gasteiger partial charge in [-0.15, -0.1) is 0 Å². The van der Waals surface area contributed by atoms with Crippen LogP contribution in [-0.4, -0.2) is 42.9 Å². The summed E-state index contributed by atoms with van der Waals surface area (Å²) in [6, 6.07) is 15.9. The summed E-state index contributed by atoms with van der Waals surface area (Å²) in [6.45, 7) is 6.11. The molecule has 0 aliphatic carbocycles.